The van der Waals surface area contributed by atoms with Gasteiger partial charge in [-0.05, 0) is 36.2 Å². The summed E-state index contributed by atoms with van der Waals surface area (Å²) in [6.45, 7) is 0.618. The molecule has 0 saturated heterocycles. The van der Waals surface area contributed by atoms with Gasteiger partial charge in [0, 0.05) is 21.4 Å². The van der Waals surface area contributed by atoms with Crippen molar-refractivity contribution in [2.75, 3.05) is 13.2 Å². The standard InChI is InChI=1S/C16H15BrClNO2/c17-13-3-1-2-12(8-13)5-7-21-11-16(20)10-15-9-14(18)4-6-19-15/h1-4,6,8-9H,5,7,10-11H2. The number of hydrogen-bond donors (Lipinski definition) is 0. The molecule has 0 aliphatic rings. The van der Waals surface area contributed by atoms with Gasteiger partial charge in [0.2, 0.25) is 0 Å². The smallest absolute Gasteiger partial charge is 0.164 e. The lowest BCUT2D eigenvalue weighted by Gasteiger charge is -2.05. The number of nitrogens with zero attached hydrogens (tertiary/aromatic N) is 1. The van der Waals surface area contributed by atoms with Crippen molar-refractivity contribution in [3.8, 4) is 0 Å². The summed E-state index contributed by atoms with van der Waals surface area (Å²) in [4.78, 5) is 15.9. The molecule has 0 bridgehead atoms. The van der Waals surface area contributed by atoms with E-state index in [1.807, 2.05) is 24.3 Å². The van der Waals surface area contributed by atoms with Crippen LogP contribution in [-0.4, -0.2) is 24.0 Å². The fourth-order valence-corrected chi connectivity index (χ4v) is 2.50. The average Bonchev–Trinajstić information content (AvgIpc) is 2.44. The lowest BCUT2D eigenvalue weighted by molar-refractivity contribution is -0.122. The number of pyridine rings is 1. The van der Waals surface area contributed by atoms with Crippen molar-refractivity contribution >= 4 is 33.3 Å². The van der Waals surface area contributed by atoms with Crippen LogP contribution in [0.25, 0.3) is 0 Å². The van der Waals surface area contributed by atoms with Crippen LogP contribution in [0.3, 0.4) is 0 Å². The maximum Gasteiger partial charge on any atom is 0.164 e. The van der Waals surface area contributed by atoms with E-state index in [0.29, 0.717) is 17.3 Å². The van der Waals surface area contributed by atoms with Crippen LogP contribution in [0.5, 0.6) is 0 Å². The van der Waals surface area contributed by atoms with Crippen molar-refractivity contribution in [3.63, 3.8) is 0 Å². The predicted molar refractivity (Wildman–Crippen MR) is 86.6 cm³/mol. The van der Waals surface area contributed by atoms with Crippen molar-refractivity contribution < 1.29 is 9.53 Å². The van der Waals surface area contributed by atoms with Crippen LogP contribution in [0, 0.1) is 0 Å². The van der Waals surface area contributed by atoms with E-state index in [0.717, 1.165) is 10.9 Å². The summed E-state index contributed by atoms with van der Waals surface area (Å²) in [5.41, 5.74) is 1.84. The molecule has 0 fully saturated rings. The summed E-state index contributed by atoms with van der Waals surface area (Å²) >= 11 is 9.27. The van der Waals surface area contributed by atoms with Gasteiger partial charge in [0.1, 0.15) is 6.61 Å². The zero-order valence-corrected chi connectivity index (χ0v) is 13.7. The molecule has 0 saturated carbocycles. The van der Waals surface area contributed by atoms with Gasteiger partial charge in [-0.2, -0.15) is 0 Å². The third kappa shape index (κ3) is 5.96. The minimum Gasteiger partial charge on any atom is -0.373 e. The first-order valence-electron chi connectivity index (χ1n) is 6.58. The Morgan fingerprint density at radius 3 is 2.90 bits per heavy atom. The first kappa shape index (κ1) is 16.1. The minimum absolute atomic E-state index is 0.000918. The molecular formula is C16H15BrClNO2. The number of ether oxygens (including phenoxy) is 1. The SMILES string of the molecule is O=C(COCCc1cccc(Br)c1)Cc1cc(Cl)ccn1. The first-order chi connectivity index (χ1) is 10.1. The molecule has 0 atom stereocenters. The fourth-order valence-electron chi connectivity index (χ4n) is 1.87. The molecule has 0 amide bonds. The zero-order chi connectivity index (χ0) is 15.1. The van der Waals surface area contributed by atoms with Crippen LogP contribution in [0.15, 0.2) is 47.1 Å². The van der Waals surface area contributed by atoms with Gasteiger partial charge in [-0.3, -0.25) is 9.78 Å². The van der Waals surface area contributed by atoms with E-state index < -0.39 is 0 Å². The highest BCUT2D eigenvalue weighted by Gasteiger charge is 2.06. The topological polar surface area (TPSA) is 39.2 Å². The molecular weight excluding hydrogens is 354 g/mol. The van der Waals surface area contributed by atoms with E-state index >= 15 is 0 Å². The second-order valence-corrected chi connectivity index (χ2v) is 5.97. The van der Waals surface area contributed by atoms with Gasteiger partial charge in [-0.15, -0.1) is 0 Å². The Bertz CT molecular complexity index is 619. The Labute approximate surface area is 137 Å². The van der Waals surface area contributed by atoms with Gasteiger partial charge in [0.05, 0.1) is 13.0 Å². The van der Waals surface area contributed by atoms with E-state index in [1.165, 1.54) is 5.56 Å². The molecule has 21 heavy (non-hydrogen) atoms. The molecule has 1 aromatic heterocycles. The summed E-state index contributed by atoms with van der Waals surface area (Å²) in [6, 6.07) is 11.4. The second-order valence-electron chi connectivity index (χ2n) is 4.61. The van der Waals surface area contributed by atoms with Crippen LogP contribution in [0.2, 0.25) is 5.02 Å². The second kappa shape index (κ2) is 8.27. The van der Waals surface area contributed by atoms with Gasteiger partial charge in [-0.1, -0.05) is 39.7 Å². The molecule has 2 rings (SSSR count). The molecule has 110 valence electrons. The molecule has 2 aromatic rings. The molecule has 1 aromatic carbocycles. The van der Waals surface area contributed by atoms with Crippen LogP contribution < -0.4 is 0 Å². The maximum absolute atomic E-state index is 11.8. The summed E-state index contributed by atoms with van der Waals surface area (Å²) in [6.07, 6.45) is 2.62. The highest BCUT2D eigenvalue weighted by Crippen LogP contribution is 2.12. The number of aromatic nitrogens is 1. The van der Waals surface area contributed by atoms with Crippen molar-refractivity contribution in [1.82, 2.24) is 4.98 Å². The molecule has 0 spiro atoms. The Balaban J connectivity index is 1.70. The van der Waals surface area contributed by atoms with Crippen LogP contribution in [0.1, 0.15) is 11.3 Å². The van der Waals surface area contributed by atoms with Crippen LogP contribution in [0.4, 0.5) is 0 Å². The average molecular weight is 369 g/mol. The largest absolute Gasteiger partial charge is 0.373 e. The van der Waals surface area contributed by atoms with Gasteiger partial charge in [0.15, 0.2) is 5.78 Å². The van der Waals surface area contributed by atoms with Gasteiger partial charge >= 0.3 is 0 Å². The molecule has 0 aliphatic carbocycles. The maximum atomic E-state index is 11.8. The van der Waals surface area contributed by atoms with Gasteiger partial charge < -0.3 is 4.74 Å². The molecule has 1 heterocycles. The van der Waals surface area contributed by atoms with E-state index in [4.69, 9.17) is 16.3 Å². The Morgan fingerprint density at radius 1 is 1.29 bits per heavy atom. The third-order valence-corrected chi connectivity index (χ3v) is 3.57. The number of Topliss-reactive ketones (excluding diaryl/α,β-unsaturated/α-hetero) is 1. The van der Waals surface area contributed by atoms with Crippen LogP contribution in [-0.2, 0) is 22.4 Å². The first-order valence-corrected chi connectivity index (χ1v) is 7.75. The summed E-state index contributed by atoms with van der Waals surface area (Å²) in [7, 11) is 0. The third-order valence-electron chi connectivity index (χ3n) is 2.84. The van der Waals surface area contributed by atoms with Crippen molar-refractivity contribution in [2.24, 2.45) is 0 Å². The quantitative estimate of drug-likeness (QED) is 0.697. The fraction of sp³-hybridized carbons (Fsp3) is 0.250. The number of rotatable bonds is 7. The summed E-state index contributed by atoms with van der Waals surface area (Å²) in [5.74, 6) is -0.000918. The number of halogens is 2. The van der Waals surface area contributed by atoms with Gasteiger partial charge in [0.25, 0.3) is 0 Å². The Kier molecular flexibility index (Phi) is 6.36. The molecule has 0 aliphatic heterocycles. The van der Waals surface area contributed by atoms with Crippen molar-refractivity contribution in [3.05, 3.63) is 63.3 Å². The summed E-state index contributed by atoms with van der Waals surface area (Å²) < 4.78 is 6.46. The molecule has 5 heteroatoms. The van der Waals surface area contributed by atoms with E-state index in [-0.39, 0.29) is 18.8 Å². The molecule has 0 N–H and O–H groups in total. The van der Waals surface area contributed by atoms with E-state index in [2.05, 4.69) is 20.9 Å². The monoisotopic (exact) mass is 367 g/mol. The molecule has 0 radical (unpaired) electrons. The lowest BCUT2D eigenvalue weighted by atomic mass is 10.2. The number of hydrogen-bond acceptors (Lipinski definition) is 3. The molecule has 3 nitrogen and oxygen atoms in total. The van der Waals surface area contributed by atoms with Crippen molar-refractivity contribution in [2.45, 2.75) is 12.8 Å². The highest BCUT2D eigenvalue weighted by molar-refractivity contribution is 9.10. The number of carbonyl (C=O) groups excluding carboxylic acids is 1. The van der Waals surface area contributed by atoms with Gasteiger partial charge in [-0.25, -0.2) is 0 Å². The highest BCUT2D eigenvalue weighted by atomic mass is 79.9. The van der Waals surface area contributed by atoms with Crippen molar-refractivity contribution in [1.29, 1.82) is 0 Å². The van der Waals surface area contributed by atoms with E-state index in [9.17, 15) is 4.79 Å². The minimum atomic E-state index is -0.000918. The summed E-state index contributed by atoms with van der Waals surface area (Å²) in [5, 5.41) is 0.586. The van der Waals surface area contributed by atoms with Crippen LogP contribution >= 0.6 is 27.5 Å². The zero-order valence-electron chi connectivity index (χ0n) is 11.4. The number of carbonyl (C=O) groups is 1. The van der Waals surface area contributed by atoms with E-state index in [1.54, 1.807) is 18.3 Å². The predicted octanol–water partition coefficient (Wildman–Crippen LogP) is 3.87. The number of ketones is 1. The normalized spacial score (nSPS) is 10.6. The molecule has 0 unspecified atom stereocenters. The lowest BCUT2D eigenvalue weighted by Crippen LogP contribution is -2.13. The Hall–Kier alpha value is -1.23. The number of benzene rings is 1. The Morgan fingerprint density at radius 2 is 2.14 bits per heavy atom.